The van der Waals surface area contributed by atoms with E-state index < -0.39 is 18.1 Å². The first-order valence-corrected chi connectivity index (χ1v) is 5.47. The number of hydrogen-bond donors (Lipinski definition) is 4. The molecule has 5 N–H and O–H groups in total. The molecule has 0 fully saturated rings. The molecule has 0 saturated heterocycles. The predicted molar refractivity (Wildman–Crippen MR) is 65.8 cm³/mol. The van der Waals surface area contributed by atoms with Gasteiger partial charge in [0, 0.05) is 0 Å². The number of nitrogen functional groups attached to an aromatic ring is 1. The average molecular weight is 265 g/mol. The van der Waals surface area contributed by atoms with Crippen molar-refractivity contribution in [2.24, 2.45) is 5.84 Å². The van der Waals surface area contributed by atoms with Crippen molar-refractivity contribution in [1.29, 1.82) is 5.26 Å². The van der Waals surface area contributed by atoms with Gasteiger partial charge in [-0.3, -0.25) is 10.2 Å². The number of nitrogens with one attached hydrogen (secondary N) is 1. The molecule has 0 radical (unpaired) electrons. The molecule has 0 saturated carbocycles. The molecule has 19 heavy (non-hydrogen) atoms. The molecular weight excluding hydrogens is 250 g/mol. The summed E-state index contributed by atoms with van der Waals surface area (Å²) in [6.07, 6.45) is -2.91. The molecule has 0 bridgehead atoms. The van der Waals surface area contributed by atoms with Crippen LogP contribution < -0.4 is 16.0 Å². The number of nitrogens with two attached hydrogens (primary N) is 1. The van der Waals surface area contributed by atoms with Gasteiger partial charge in [0.25, 0.3) is 5.91 Å². The van der Waals surface area contributed by atoms with Crippen LogP contribution in [0.25, 0.3) is 0 Å². The van der Waals surface area contributed by atoms with E-state index in [0.29, 0.717) is 5.75 Å². The smallest absolute Gasteiger partial charge is 0.265 e. The highest BCUT2D eigenvalue weighted by Crippen LogP contribution is 2.26. The topological polar surface area (TPSA) is 129 Å². The van der Waals surface area contributed by atoms with Gasteiger partial charge in [-0.05, 0) is 17.7 Å². The van der Waals surface area contributed by atoms with Crippen molar-refractivity contribution in [2.75, 3.05) is 7.11 Å². The largest absolute Gasteiger partial charge is 0.497 e. The van der Waals surface area contributed by atoms with Crippen LogP contribution in [0.1, 0.15) is 28.4 Å². The highest BCUT2D eigenvalue weighted by Gasteiger charge is 2.23. The quantitative estimate of drug-likeness (QED) is 0.326. The Morgan fingerprint density at radius 3 is 2.79 bits per heavy atom. The molecule has 0 aliphatic carbocycles. The lowest BCUT2D eigenvalue weighted by Crippen LogP contribution is -2.32. The Morgan fingerprint density at radius 1 is 1.58 bits per heavy atom. The molecule has 1 aromatic rings. The fourth-order valence-electron chi connectivity index (χ4n) is 1.61. The van der Waals surface area contributed by atoms with Crippen LogP contribution in [0.4, 0.5) is 0 Å². The van der Waals surface area contributed by atoms with Crippen LogP contribution in [0.15, 0.2) is 18.2 Å². The molecule has 1 amide bonds. The number of hydrazine groups is 1. The summed E-state index contributed by atoms with van der Waals surface area (Å²) in [5, 5.41) is 28.1. The number of benzene rings is 1. The minimum atomic E-state index is -1.36. The second kappa shape index (κ2) is 6.70. The van der Waals surface area contributed by atoms with Crippen LogP contribution >= 0.6 is 0 Å². The third kappa shape index (κ3) is 3.42. The van der Waals surface area contributed by atoms with Crippen LogP contribution in [-0.4, -0.2) is 29.3 Å². The first-order valence-electron chi connectivity index (χ1n) is 5.47. The maximum Gasteiger partial charge on any atom is 0.265 e. The molecule has 0 aromatic heterocycles. The van der Waals surface area contributed by atoms with Crippen molar-refractivity contribution in [3.05, 3.63) is 29.3 Å². The fourth-order valence-corrected chi connectivity index (χ4v) is 1.61. The summed E-state index contributed by atoms with van der Waals surface area (Å²) >= 11 is 0. The summed E-state index contributed by atoms with van der Waals surface area (Å²) < 4.78 is 4.97. The van der Waals surface area contributed by atoms with Crippen LogP contribution in [0.2, 0.25) is 0 Å². The van der Waals surface area contributed by atoms with E-state index in [-0.39, 0.29) is 17.5 Å². The number of carbonyl (C=O) groups excluding carboxylic acids is 1. The highest BCUT2D eigenvalue weighted by atomic mass is 16.5. The minimum Gasteiger partial charge on any atom is -0.497 e. The van der Waals surface area contributed by atoms with Gasteiger partial charge in [-0.1, -0.05) is 6.07 Å². The van der Waals surface area contributed by atoms with Crippen LogP contribution in [-0.2, 0) is 0 Å². The van der Waals surface area contributed by atoms with E-state index in [1.165, 1.54) is 25.3 Å². The lowest BCUT2D eigenvalue weighted by molar-refractivity contribution is 0.0210. The summed E-state index contributed by atoms with van der Waals surface area (Å²) in [5.74, 6) is 4.84. The van der Waals surface area contributed by atoms with E-state index in [0.717, 1.165) is 0 Å². The predicted octanol–water partition coefficient (Wildman–Crippen LogP) is -0.393. The third-order valence-corrected chi connectivity index (χ3v) is 2.62. The Bertz CT molecular complexity index is 498. The Morgan fingerprint density at radius 2 is 2.26 bits per heavy atom. The minimum absolute atomic E-state index is 0.0753. The van der Waals surface area contributed by atoms with Crippen LogP contribution in [0.3, 0.4) is 0 Å². The van der Waals surface area contributed by atoms with E-state index in [2.05, 4.69) is 0 Å². The summed E-state index contributed by atoms with van der Waals surface area (Å²) in [4.78, 5) is 11.6. The zero-order valence-corrected chi connectivity index (χ0v) is 10.3. The number of carbonyl (C=O) groups is 1. The van der Waals surface area contributed by atoms with Gasteiger partial charge in [-0.2, -0.15) is 5.26 Å². The molecule has 0 heterocycles. The van der Waals surface area contributed by atoms with Crippen molar-refractivity contribution < 1.29 is 19.7 Å². The normalized spacial score (nSPS) is 13.2. The number of amides is 1. The summed E-state index contributed by atoms with van der Waals surface area (Å²) in [7, 11) is 1.43. The molecule has 1 aromatic carbocycles. The van der Waals surface area contributed by atoms with Crippen LogP contribution in [0, 0.1) is 11.3 Å². The van der Waals surface area contributed by atoms with Crippen molar-refractivity contribution in [3.63, 3.8) is 0 Å². The molecule has 7 nitrogen and oxygen atoms in total. The monoisotopic (exact) mass is 265 g/mol. The Kier molecular flexibility index (Phi) is 5.26. The zero-order chi connectivity index (χ0) is 14.4. The van der Waals surface area contributed by atoms with Crippen molar-refractivity contribution in [2.45, 2.75) is 18.6 Å². The molecule has 1 rings (SSSR count). The fraction of sp³-hybridized carbons (Fsp3) is 0.333. The maximum absolute atomic E-state index is 11.6. The van der Waals surface area contributed by atoms with E-state index in [4.69, 9.17) is 15.8 Å². The Labute approximate surface area is 110 Å². The number of ether oxygens (including phenoxy) is 1. The van der Waals surface area contributed by atoms with Gasteiger partial charge in [0.1, 0.15) is 11.9 Å². The number of hydrogen-bond acceptors (Lipinski definition) is 6. The first kappa shape index (κ1) is 14.9. The molecule has 2 unspecified atom stereocenters. The Hall–Kier alpha value is -2.14. The number of aliphatic hydroxyl groups excluding tert-OH is 2. The van der Waals surface area contributed by atoms with Gasteiger partial charge in [-0.15, -0.1) is 0 Å². The summed E-state index contributed by atoms with van der Waals surface area (Å²) in [5.41, 5.74) is 2.19. The zero-order valence-electron chi connectivity index (χ0n) is 10.3. The molecule has 0 aliphatic heterocycles. The number of nitriles is 1. The van der Waals surface area contributed by atoms with Gasteiger partial charge < -0.3 is 14.9 Å². The highest BCUT2D eigenvalue weighted by molar-refractivity contribution is 5.95. The van der Waals surface area contributed by atoms with Gasteiger partial charge in [0.2, 0.25) is 0 Å². The van der Waals surface area contributed by atoms with Gasteiger partial charge in [0.05, 0.1) is 31.3 Å². The van der Waals surface area contributed by atoms with Crippen molar-refractivity contribution >= 4 is 5.91 Å². The van der Waals surface area contributed by atoms with Gasteiger partial charge >= 0.3 is 0 Å². The first-order chi connectivity index (χ1) is 9.04. The second-order valence-electron chi connectivity index (χ2n) is 3.80. The lowest BCUT2D eigenvalue weighted by atomic mass is 9.96. The molecule has 0 aliphatic rings. The lowest BCUT2D eigenvalue weighted by Gasteiger charge is -2.19. The van der Waals surface area contributed by atoms with E-state index in [1.54, 1.807) is 6.07 Å². The molecule has 7 heteroatoms. The number of aliphatic hydroxyl groups is 2. The summed E-state index contributed by atoms with van der Waals surface area (Å²) in [6.45, 7) is 0. The van der Waals surface area contributed by atoms with Crippen molar-refractivity contribution in [3.8, 4) is 11.8 Å². The van der Waals surface area contributed by atoms with Gasteiger partial charge in [0.15, 0.2) is 0 Å². The van der Waals surface area contributed by atoms with E-state index in [1.807, 2.05) is 5.43 Å². The van der Waals surface area contributed by atoms with E-state index in [9.17, 15) is 15.0 Å². The van der Waals surface area contributed by atoms with E-state index >= 15 is 0 Å². The number of rotatable bonds is 5. The third-order valence-electron chi connectivity index (χ3n) is 2.62. The molecular formula is C12H15N3O4. The average Bonchev–Trinajstić information content (AvgIpc) is 2.45. The Balaban J connectivity index is 3.19. The number of methoxy groups -OCH3 is 1. The molecule has 0 spiro atoms. The van der Waals surface area contributed by atoms with Crippen molar-refractivity contribution in [1.82, 2.24) is 5.43 Å². The van der Waals surface area contributed by atoms with Crippen LogP contribution in [0.5, 0.6) is 5.75 Å². The SMILES string of the molecule is COc1ccc(C(O)C(O)CC#N)c(C(=O)NN)c1. The molecule has 102 valence electrons. The second-order valence-corrected chi connectivity index (χ2v) is 3.80. The summed E-state index contributed by atoms with van der Waals surface area (Å²) in [6, 6.07) is 6.10. The maximum atomic E-state index is 11.6. The van der Waals surface area contributed by atoms with Gasteiger partial charge in [-0.25, -0.2) is 5.84 Å². The standard InChI is InChI=1S/C12H15N3O4/c1-19-7-2-3-8(9(6-7)12(18)15-14)11(17)10(16)4-5-13/h2-3,6,10-11,16-17H,4,14H2,1H3,(H,15,18). The number of nitrogens with zero attached hydrogens (tertiary/aromatic N) is 1. The molecule has 2 atom stereocenters.